The van der Waals surface area contributed by atoms with E-state index in [0.29, 0.717) is 0 Å². The summed E-state index contributed by atoms with van der Waals surface area (Å²) in [6, 6.07) is 0. The fraction of sp³-hybridized carbons (Fsp3) is 0.875. The van der Waals surface area contributed by atoms with Gasteiger partial charge in [0.25, 0.3) is 0 Å². The first-order valence-electron chi connectivity index (χ1n) is 7.84. The number of hydrogen-bond donors (Lipinski definition) is 3. The van der Waals surface area contributed by atoms with Crippen molar-refractivity contribution >= 4 is 0 Å². The van der Waals surface area contributed by atoms with E-state index in [1.807, 2.05) is 6.92 Å². The molecule has 0 radical (unpaired) electrons. The molecule has 0 saturated carbocycles. The normalized spacial score (nSPS) is 14.9. The van der Waals surface area contributed by atoms with E-state index < -0.39 is 6.10 Å². The van der Waals surface area contributed by atoms with Crippen molar-refractivity contribution in [2.75, 3.05) is 0 Å². The van der Waals surface area contributed by atoms with Crippen molar-refractivity contribution in [3.63, 3.8) is 0 Å². The first-order chi connectivity index (χ1) is 9.16. The zero-order chi connectivity index (χ0) is 14.3. The molecule has 0 aliphatic heterocycles. The Kier molecular flexibility index (Phi) is 13.5. The second-order valence-electron chi connectivity index (χ2n) is 5.52. The van der Waals surface area contributed by atoms with E-state index in [1.165, 1.54) is 51.0 Å². The summed E-state index contributed by atoms with van der Waals surface area (Å²) in [5.74, 6) is 0. The predicted octanol–water partition coefficient (Wildman–Crippen LogP) is 4.09. The second-order valence-corrected chi connectivity index (χ2v) is 5.52. The molecule has 0 spiro atoms. The zero-order valence-electron chi connectivity index (χ0n) is 12.4. The minimum Gasteiger partial charge on any atom is -0.516 e. The fourth-order valence-electron chi connectivity index (χ4n) is 2.23. The topological polar surface area (TPSA) is 60.7 Å². The number of aliphatic hydroxyl groups excluding tert-OH is 3. The van der Waals surface area contributed by atoms with Crippen molar-refractivity contribution in [1.29, 1.82) is 0 Å². The first kappa shape index (κ1) is 18.5. The molecule has 0 aliphatic carbocycles. The molecule has 3 heteroatoms. The standard InChI is InChI=1S/C16H32O3/c1-15(18)11-9-7-5-3-2-4-6-8-10-12-16(19)13-14-17/h13-19H,2-12H2,1H3. The van der Waals surface area contributed by atoms with E-state index in [2.05, 4.69) is 0 Å². The molecule has 0 bridgehead atoms. The summed E-state index contributed by atoms with van der Waals surface area (Å²) in [5.41, 5.74) is 0. The molecule has 0 aliphatic rings. The van der Waals surface area contributed by atoms with Crippen LogP contribution in [-0.4, -0.2) is 27.5 Å². The van der Waals surface area contributed by atoms with Gasteiger partial charge in [-0.3, -0.25) is 0 Å². The highest BCUT2D eigenvalue weighted by molar-refractivity contribution is 4.81. The number of rotatable bonds is 13. The summed E-state index contributed by atoms with van der Waals surface area (Å²) in [6.45, 7) is 1.85. The molecule has 0 aromatic carbocycles. The minimum atomic E-state index is -0.487. The van der Waals surface area contributed by atoms with Crippen LogP contribution in [0.15, 0.2) is 12.3 Å². The van der Waals surface area contributed by atoms with Crippen LogP contribution in [-0.2, 0) is 0 Å². The van der Waals surface area contributed by atoms with Crippen LogP contribution in [0.25, 0.3) is 0 Å². The van der Waals surface area contributed by atoms with Gasteiger partial charge in [-0.1, -0.05) is 57.8 Å². The average Bonchev–Trinajstić information content (AvgIpc) is 2.36. The Bertz CT molecular complexity index is 202. The molecule has 3 nitrogen and oxygen atoms in total. The quantitative estimate of drug-likeness (QED) is 0.349. The Balaban J connectivity index is 3.07. The Hall–Kier alpha value is -0.540. The van der Waals surface area contributed by atoms with Crippen molar-refractivity contribution < 1.29 is 15.3 Å². The van der Waals surface area contributed by atoms with Crippen molar-refractivity contribution in [3.05, 3.63) is 12.3 Å². The third kappa shape index (κ3) is 15.4. The van der Waals surface area contributed by atoms with Crippen molar-refractivity contribution in [2.45, 2.75) is 89.8 Å². The van der Waals surface area contributed by atoms with Crippen molar-refractivity contribution in [1.82, 2.24) is 0 Å². The molecule has 0 fully saturated rings. The maximum atomic E-state index is 9.35. The molecule has 0 heterocycles. The lowest BCUT2D eigenvalue weighted by molar-refractivity contribution is 0.180. The van der Waals surface area contributed by atoms with Crippen LogP contribution in [0.2, 0.25) is 0 Å². The van der Waals surface area contributed by atoms with E-state index in [9.17, 15) is 5.11 Å². The first-order valence-corrected chi connectivity index (χ1v) is 7.84. The van der Waals surface area contributed by atoms with Gasteiger partial charge in [0, 0.05) is 0 Å². The monoisotopic (exact) mass is 272 g/mol. The van der Waals surface area contributed by atoms with Crippen LogP contribution in [0.3, 0.4) is 0 Å². The van der Waals surface area contributed by atoms with Gasteiger partial charge in [-0.2, -0.15) is 0 Å². The largest absolute Gasteiger partial charge is 0.516 e. The van der Waals surface area contributed by atoms with Gasteiger partial charge in [-0.25, -0.2) is 0 Å². The molecule has 0 saturated heterocycles. The maximum Gasteiger partial charge on any atom is 0.0777 e. The number of unbranched alkanes of at least 4 members (excludes halogenated alkanes) is 8. The second kappa shape index (κ2) is 13.9. The number of aliphatic hydroxyl groups is 3. The smallest absolute Gasteiger partial charge is 0.0777 e. The molecule has 0 aromatic rings. The maximum absolute atomic E-state index is 9.35. The highest BCUT2D eigenvalue weighted by atomic mass is 16.3. The highest BCUT2D eigenvalue weighted by Gasteiger charge is 1.99. The van der Waals surface area contributed by atoms with Gasteiger partial charge in [0.15, 0.2) is 0 Å². The number of hydrogen-bond acceptors (Lipinski definition) is 3. The molecule has 0 amide bonds. The van der Waals surface area contributed by atoms with Crippen LogP contribution >= 0.6 is 0 Å². The third-order valence-electron chi connectivity index (χ3n) is 3.43. The Morgan fingerprint density at radius 1 is 0.737 bits per heavy atom. The Morgan fingerprint density at radius 2 is 1.16 bits per heavy atom. The predicted molar refractivity (Wildman–Crippen MR) is 80.2 cm³/mol. The summed E-state index contributed by atoms with van der Waals surface area (Å²) in [7, 11) is 0. The van der Waals surface area contributed by atoms with Gasteiger partial charge in [0.1, 0.15) is 0 Å². The SMILES string of the molecule is CC(O)CCCCCCCCCCCC(O)C=CO. The lowest BCUT2D eigenvalue weighted by Gasteiger charge is -2.05. The van der Waals surface area contributed by atoms with Gasteiger partial charge in [-0.15, -0.1) is 0 Å². The van der Waals surface area contributed by atoms with E-state index in [1.54, 1.807) is 0 Å². The van der Waals surface area contributed by atoms with Gasteiger partial charge in [-0.05, 0) is 25.8 Å². The van der Waals surface area contributed by atoms with Crippen LogP contribution in [0.1, 0.15) is 77.6 Å². The average molecular weight is 272 g/mol. The zero-order valence-corrected chi connectivity index (χ0v) is 12.4. The Morgan fingerprint density at radius 3 is 1.58 bits per heavy atom. The summed E-state index contributed by atoms with van der Waals surface area (Å²) < 4.78 is 0. The molecule has 3 N–H and O–H groups in total. The fourth-order valence-corrected chi connectivity index (χ4v) is 2.23. The lowest BCUT2D eigenvalue weighted by Crippen LogP contribution is -2.01. The summed E-state index contributed by atoms with van der Waals surface area (Å²) >= 11 is 0. The van der Waals surface area contributed by atoms with Gasteiger partial charge >= 0.3 is 0 Å². The Labute approximate surface area is 118 Å². The van der Waals surface area contributed by atoms with E-state index in [0.717, 1.165) is 31.9 Å². The summed E-state index contributed by atoms with van der Waals surface area (Å²) in [4.78, 5) is 0. The van der Waals surface area contributed by atoms with Gasteiger partial charge in [0.05, 0.1) is 18.5 Å². The molecule has 19 heavy (non-hydrogen) atoms. The van der Waals surface area contributed by atoms with E-state index >= 15 is 0 Å². The summed E-state index contributed by atoms with van der Waals surface area (Å²) in [5, 5.41) is 26.9. The third-order valence-corrected chi connectivity index (χ3v) is 3.43. The van der Waals surface area contributed by atoms with Crippen LogP contribution in [0, 0.1) is 0 Å². The van der Waals surface area contributed by atoms with Gasteiger partial charge in [0.2, 0.25) is 0 Å². The molecular formula is C16H32O3. The van der Waals surface area contributed by atoms with E-state index in [4.69, 9.17) is 10.2 Å². The van der Waals surface area contributed by atoms with Gasteiger partial charge < -0.3 is 15.3 Å². The highest BCUT2D eigenvalue weighted by Crippen LogP contribution is 2.12. The van der Waals surface area contributed by atoms with Crippen LogP contribution in [0.5, 0.6) is 0 Å². The lowest BCUT2D eigenvalue weighted by atomic mass is 10.0. The molecule has 0 aromatic heterocycles. The minimum absolute atomic E-state index is 0.143. The molecule has 0 rings (SSSR count). The summed E-state index contributed by atoms with van der Waals surface area (Å²) in [6.07, 6.45) is 14.4. The van der Waals surface area contributed by atoms with Crippen molar-refractivity contribution in [3.8, 4) is 0 Å². The van der Waals surface area contributed by atoms with Crippen molar-refractivity contribution in [2.24, 2.45) is 0 Å². The molecular weight excluding hydrogens is 240 g/mol. The van der Waals surface area contributed by atoms with Crippen LogP contribution in [0.4, 0.5) is 0 Å². The molecule has 114 valence electrons. The van der Waals surface area contributed by atoms with E-state index in [-0.39, 0.29) is 6.10 Å². The molecule has 2 unspecified atom stereocenters. The molecule has 2 atom stereocenters. The van der Waals surface area contributed by atoms with Crippen LogP contribution < -0.4 is 0 Å².